The van der Waals surface area contributed by atoms with Crippen LogP contribution in [0.1, 0.15) is 21.9 Å². The zero-order valence-electron chi connectivity index (χ0n) is 13.1. The smallest absolute Gasteiger partial charge is 0.387 e. The van der Waals surface area contributed by atoms with Gasteiger partial charge >= 0.3 is 6.61 Å². The SMILES string of the molecule is O=C(c1cccc(OC(F)F)c1)N(Cc1ccco1)Cc1ccco1. The molecular weight excluding hydrogens is 332 g/mol. The molecule has 25 heavy (non-hydrogen) atoms. The van der Waals surface area contributed by atoms with Crippen LogP contribution in [0.5, 0.6) is 5.75 Å². The van der Waals surface area contributed by atoms with Gasteiger partial charge in [-0.2, -0.15) is 8.78 Å². The molecule has 0 fully saturated rings. The van der Waals surface area contributed by atoms with E-state index in [2.05, 4.69) is 4.74 Å². The number of carbonyl (C=O) groups excluding carboxylic acids is 1. The predicted octanol–water partition coefficient (Wildman–Crippen LogP) is 4.32. The van der Waals surface area contributed by atoms with Crippen molar-refractivity contribution in [3.63, 3.8) is 0 Å². The van der Waals surface area contributed by atoms with E-state index >= 15 is 0 Å². The second-order valence-electron chi connectivity index (χ2n) is 5.23. The van der Waals surface area contributed by atoms with Crippen LogP contribution >= 0.6 is 0 Å². The van der Waals surface area contributed by atoms with Crippen molar-refractivity contribution >= 4 is 5.91 Å². The van der Waals surface area contributed by atoms with E-state index in [9.17, 15) is 13.6 Å². The topological polar surface area (TPSA) is 55.8 Å². The number of nitrogens with zero attached hydrogens (tertiary/aromatic N) is 1. The second-order valence-corrected chi connectivity index (χ2v) is 5.23. The van der Waals surface area contributed by atoms with Crippen molar-refractivity contribution in [2.45, 2.75) is 19.7 Å². The maximum atomic E-state index is 12.8. The molecule has 3 rings (SSSR count). The normalized spacial score (nSPS) is 10.8. The molecule has 5 nitrogen and oxygen atoms in total. The van der Waals surface area contributed by atoms with E-state index in [0.717, 1.165) is 0 Å². The van der Waals surface area contributed by atoms with Crippen LogP contribution in [0.4, 0.5) is 8.78 Å². The summed E-state index contributed by atoms with van der Waals surface area (Å²) in [5.41, 5.74) is 0.233. The first kappa shape index (κ1) is 16.8. The summed E-state index contributed by atoms with van der Waals surface area (Å²) in [6.07, 6.45) is 3.03. The van der Waals surface area contributed by atoms with Gasteiger partial charge in [0.15, 0.2) is 0 Å². The van der Waals surface area contributed by atoms with Crippen molar-refractivity contribution in [3.05, 3.63) is 78.1 Å². The lowest BCUT2D eigenvalue weighted by atomic mass is 10.1. The highest BCUT2D eigenvalue weighted by atomic mass is 19.3. The Kier molecular flexibility index (Phi) is 5.13. The van der Waals surface area contributed by atoms with E-state index in [1.54, 1.807) is 24.3 Å². The summed E-state index contributed by atoms with van der Waals surface area (Å²) >= 11 is 0. The zero-order valence-corrected chi connectivity index (χ0v) is 13.1. The van der Waals surface area contributed by atoms with Gasteiger partial charge in [0.25, 0.3) is 5.91 Å². The third kappa shape index (κ3) is 4.47. The highest BCUT2D eigenvalue weighted by Gasteiger charge is 2.20. The van der Waals surface area contributed by atoms with Gasteiger partial charge in [-0.15, -0.1) is 0 Å². The van der Waals surface area contributed by atoms with Gasteiger partial charge in [0.05, 0.1) is 25.6 Å². The molecular formula is C18H15F2NO4. The maximum absolute atomic E-state index is 12.8. The van der Waals surface area contributed by atoms with Gasteiger partial charge in [-0.1, -0.05) is 6.07 Å². The van der Waals surface area contributed by atoms with E-state index in [1.165, 1.54) is 41.7 Å². The Hall–Kier alpha value is -3.09. The minimum absolute atomic E-state index is 0.0724. The van der Waals surface area contributed by atoms with Crippen molar-refractivity contribution in [1.82, 2.24) is 4.90 Å². The van der Waals surface area contributed by atoms with Crippen molar-refractivity contribution in [1.29, 1.82) is 0 Å². The lowest BCUT2D eigenvalue weighted by Crippen LogP contribution is -2.29. The summed E-state index contributed by atoms with van der Waals surface area (Å²) in [6, 6.07) is 12.6. The van der Waals surface area contributed by atoms with Crippen LogP contribution in [0.15, 0.2) is 69.9 Å². The molecule has 0 spiro atoms. The Balaban J connectivity index is 1.82. The number of hydrogen-bond acceptors (Lipinski definition) is 4. The molecule has 2 aromatic heterocycles. The fourth-order valence-corrected chi connectivity index (χ4v) is 2.37. The maximum Gasteiger partial charge on any atom is 0.387 e. The quantitative estimate of drug-likeness (QED) is 0.639. The summed E-state index contributed by atoms with van der Waals surface area (Å²) in [6.45, 7) is -2.52. The highest BCUT2D eigenvalue weighted by Crippen LogP contribution is 2.20. The first-order valence-corrected chi connectivity index (χ1v) is 7.51. The minimum Gasteiger partial charge on any atom is -0.467 e. The highest BCUT2D eigenvalue weighted by molar-refractivity contribution is 5.94. The van der Waals surface area contributed by atoms with Crippen LogP contribution in [0.3, 0.4) is 0 Å². The molecule has 0 N–H and O–H groups in total. The van der Waals surface area contributed by atoms with Crippen LogP contribution < -0.4 is 4.74 Å². The second kappa shape index (κ2) is 7.65. The molecule has 1 aromatic carbocycles. The Morgan fingerprint density at radius 1 is 1.00 bits per heavy atom. The lowest BCUT2D eigenvalue weighted by molar-refractivity contribution is -0.0499. The molecule has 1 amide bonds. The molecule has 0 saturated heterocycles. The van der Waals surface area contributed by atoms with Crippen LogP contribution in [-0.2, 0) is 13.1 Å². The average molecular weight is 347 g/mol. The number of furan rings is 2. The Morgan fingerprint density at radius 3 is 2.16 bits per heavy atom. The molecule has 3 aromatic rings. The van der Waals surface area contributed by atoms with E-state index in [1.807, 2.05) is 0 Å². The third-order valence-electron chi connectivity index (χ3n) is 3.45. The number of ether oxygens (including phenoxy) is 1. The van der Waals surface area contributed by atoms with Gasteiger partial charge in [0.2, 0.25) is 0 Å². The van der Waals surface area contributed by atoms with Gasteiger partial charge in [-0.3, -0.25) is 4.79 Å². The van der Waals surface area contributed by atoms with E-state index in [-0.39, 0.29) is 30.3 Å². The molecule has 0 aliphatic carbocycles. The summed E-state index contributed by atoms with van der Waals surface area (Å²) in [4.78, 5) is 14.3. The Morgan fingerprint density at radius 2 is 1.64 bits per heavy atom. The Bertz CT molecular complexity index is 764. The van der Waals surface area contributed by atoms with Crippen molar-refractivity contribution in [2.75, 3.05) is 0 Å². The summed E-state index contributed by atoms with van der Waals surface area (Å²) in [7, 11) is 0. The molecule has 0 atom stereocenters. The lowest BCUT2D eigenvalue weighted by Gasteiger charge is -2.21. The number of alkyl halides is 2. The zero-order chi connectivity index (χ0) is 17.6. The largest absolute Gasteiger partial charge is 0.467 e. The summed E-state index contributed by atoms with van der Waals surface area (Å²) in [5.74, 6) is 0.768. The van der Waals surface area contributed by atoms with Crippen molar-refractivity contribution in [2.24, 2.45) is 0 Å². The molecule has 0 radical (unpaired) electrons. The number of benzene rings is 1. The first-order chi connectivity index (χ1) is 12.1. The predicted molar refractivity (Wildman–Crippen MR) is 84.1 cm³/mol. The molecule has 0 aliphatic rings. The monoisotopic (exact) mass is 347 g/mol. The summed E-state index contributed by atoms with van der Waals surface area (Å²) in [5, 5.41) is 0. The molecule has 7 heteroatoms. The standard InChI is InChI=1S/C18H15F2NO4/c19-18(20)25-14-5-1-4-13(10-14)17(22)21(11-15-6-2-8-23-15)12-16-7-3-9-24-16/h1-10,18H,11-12H2. The molecule has 130 valence electrons. The third-order valence-corrected chi connectivity index (χ3v) is 3.45. The van der Waals surface area contributed by atoms with Gasteiger partial charge < -0.3 is 18.5 Å². The molecule has 2 heterocycles. The van der Waals surface area contributed by atoms with E-state index in [4.69, 9.17) is 8.83 Å². The number of halogens is 2. The fourth-order valence-electron chi connectivity index (χ4n) is 2.37. The fraction of sp³-hybridized carbons (Fsp3) is 0.167. The first-order valence-electron chi connectivity index (χ1n) is 7.51. The molecule has 0 aliphatic heterocycles. The Labute approximate surface area is 142 Å². The minimum atomic E-state index is -2.95. The molecule has 0 bridgehead atoms. The number of hydrogen-bond donors (Lipinski definition) is 0. The van der Waals surface area contributed by atoms with Crippen LogP contribution in [0, 0.1) is 0 Å². The van der Waals surface area contributed by atoms with Crippen molar-refractivity contribution < 1.29 is 27.1 Å². The van der Waals surface area contributed by atoms with Gasteiger partial charge in [0.1, 0.15) is 17.3 Å². The summed E-state index contributed by atoms with van der Waals surface area (Å²) < 4.78 is 39.7. The van der Waals surface area contributed by atoms with E-state index in [0.29, 0.717) is 11.5 Å². The van der Waals surface area contributed by atoms with E-state index < -0.39 is 6.61 Å². The average Bonchev–Trinajstić information content (AvgIpc) is 3.27. The van der Waals surface area contributed by atoms with Crippen LogP contribution in [-0.4, -0.2) is 17.4 Å². The molecule has 0 unspecified atom stereocenters. The van der Waals surface area contributed by atoms with Crippen molar-refractivity contribution in [3.8, 4) is 5.75 Å². The number of amides is 1. The van der Waals surface area contributed by atoms with Gasteiger partial charge in [-0.25, -0.2) is 0 Å². The molecule has 0 saturated carbocycles. The number of rotatable bonds is 7. The number of carbonyl (C=O) groups is 1. The van der Waals surface area contributed by atoms with Gasteiger partial charge in [0, 0.05) is 5.56 Å². The van der Waals surface area contributed by atoms with Crippen LogP contribution in [0.2, 0.25) is 0 Å². The van der Waals surface area contributed by atoms with Gasteiger partial charge in [-0.05, 0) is 42.5 Å². The van der Waals surface area contributed by atoms with Crippen LogP contribution in [0.25, 0.3) is 0 Å².